The van der Waals surface area contributed by atoms with Crippen molar-refractivity contribution >= 4 is 0 Å². The van der Waals surface area contributed by atoms with Crippen molar-refractivity contribution in [3.05, 3.63) is 36.2 Å². The molecule has 0 saturated heterocycles. The number of ether oxygens (including phenoxy) is 1. The van der Waals surface area contributed by atoms with Gasteiger partial charge in [0.15, 0.2) is 0 Å². The minimum absolute atomic E-state index is 0.0355. The molecular formula is C13H14N4O. The Hall–Kier alpha value is -1.88. The number of hydrogen-bond donors (Lipinski definition) is 1. The molecule has 2 aliphatic carbocycles. The van der Waals surface area contributed by atoms with Crippen LogP contribution in [-0.2, 0) is 5.41 Å². The van der Waals surface area contributed by atoms with Crippen molar-refractivity contribution in [3.8, 4) is 11.4 Å². The van der Waals surface area contributed by atoms with Crippen LogP contribution in [0.5, 0.6) is 5.75 Å². The number of hydrogen-bond acceptors (Lipinski definition) is 4. The maximum atomic E-state index is 6.10. The Balaban J connectivity index is 1.65. The van der Waals surface area contributed by atoms with Gasteiger partial charge >= 0.3 is 0 Å². The summed E-state index contributed by atoms with van der Waals surface area (Å²) in [6.07, 6.45) is 3.95. The molecule has 2 N–H and O–H groups in total. The quantitative estimate of drug-likeness (QED) is 0.872. The summed E-state index contributed by atoms with van der Waals surface area (Å²) < 4.78 is 5.13. The molecule has 0 radical (unpaired) electrons. The van der Waals surface area contributed by atoms with Crippen LogP contribution in [0.1, 0.15) is 18.5 Å². The Morgan fingerprint density at radius 3 is 2.50 bits per heavy atom. The van der Waals surface area contributed by atoms with Crippen LogP contribution in [0.25, 0.3) is 5.69 Å². The standard InChI is InChI=1S/C13H14N4O/c1-18-10-4-2-9(3-5-10)17-15-6-11(16-17)12-7-13(12,14)8-12/h2-6H,7-8,14H2,1H3. The summed E-state index contributed by atoms with van der Waals surface area (Å²) in [5.74, 6) is 0.829. The van der Waals surface area contributed by atoms with Gasteiger partial charge in [0.2, 0.25) is 0 Å². The van der Waals surface area contributed by atoms with Crippen LogP contribution >= 0.6 is 0 Å². The first kappa shape index (κ1) is 10.1. The fourth-order valence-corrected chi connectivity index (χ4v) is 2.70. The number of nitrogens with zero attached hydrogens (tertiary/aromatic N) is 3. The molecule has 2 aromatic rings. The highest BCUT2D eigenvalue weighted by atomic mass is 16.5. The van der Waals surface area contributed by atoms with Crippen molar-refractivity contribution < 1.29 is 4.74 Å². The van der Waals surface area contributed by atoms with Gasteiger partial charge in [0, 0.05) is 11.0 Å². The average molecular weight is 242 g/mol. The van der Waals surface area contributed by atoms with Crippen molar-refractivity contribution in [1.29, 1.82) is 0 Å². The van der Waals surface area contributed by atoms with Gasteiger partial charge in [-0.2, -0.15) is 15.0 Å². The predicted molar refractivity (Wildman–Crippen MR) is 65.7 cm³/mol. The molecule has 0 spiro atoms. The van der Waals surface area contributed by atoms with Gasteiger partial charge in [-0.3, -0.25) is 0 Å². The smallest absolute Gasteiger partial charge is 0.119 e. The zero-order valence-corrected chi connectivity index (χ0v) is 10.1. The van der Waals surface area contributed by atoms with Crippen molar-refractivity contribution in [2.24, 2.45) is 5.73 Å². The molecule has 0 aliphatic heterocycles. The summed E-state index contributed by atoms with van der Waals surface area (Å²) in [6.45, 7) is 0. The van der Waals surface area contributed by atoms with Gasteiger partial charge in [0.25, 0.3) is 0 Å². The normalized spacial score (nSPS) is 31.9. The molecule has 18 heavy (non-hydrogen) atoms. The van der Waals surface area contributed by atoms with Crippen LogP contribution in [0.3, 0.4) is 0 Å². The lowest BCUT2D eigenvalue weighted by molar-refractivity contribution is 0.414. The van der Waals surface area contributed by atoms with Crippen LogP contribution in [0.4, 0.5) is 0 Å². The molecule has 2 fully saturated rings. The number of nitrogens with two attached hydrogens (primary N) is 1. The molecule has 4 rings (SSSR count). The molecule has 0 amide bonds. The van der Waals surface area contributed by atoms with Gasteiger partial charge in [-0.05, 0) is 37.1 Å². The molecule has 2 aliphatic rings. The summed E-state index contributed by atoms with van der Waals surface area (Å²) >= 11 is 0. The molecule has 1 aromatic carbocycles. The van der Waals surface area contributed by atoms with Gasteiger partial charge in [-0.25, -0.2) is 0 Å². The minimum Gasteiger partial charge on any atom is -0.497 e. The van der Waals surface area contributed by atoms with Crippen LogP contribution in [0.2, 0.25) is 0 Å². The summed E-state index contributed by atoms with van der Waals surface area (Å²) in [4.78, 5) is 1.65. The molecule has 1 aromatic heterocycles. The highest BCUT2D eigenvalue weighted by molar-refractivity contribution is 5.51. The SMILES string of the molecule is COc1ccc(-n2ncc(C34CC3(N)C4)n2)cc1. The van der Waals surface area contributed by atoms with Gasteiger partial charge in [-0.1, -0.05) is 0 Å². The van der Waals surface area contributed by atoms with Crippen molar-refractivity contribution in [2.45, 2.75) is 23.8 Å². The second-order valence-electron chi connectivity index (χ2n) is 5.31. The summed E-state index contributed by atoms with van der Waals surface area (Å²) in [5.41, 5.74) is 8.25. The zero-order valence-electron chi connectivity index (χ0n) is 10.1. The van der Waals surface area contributed by atoms with Crippen LogP contribution in [-0.4, -0.2) is 27.6 Å². The van der Waals surface area contributed by atoms with E-state index in [1.165, 1.54) is 0 Å². The van der Waals surface area contributed by atoms with Gasteiger partial charge < -0.3 is 10.5 Å². The van der Waals surface area contributed by atoms with Gasteiger partial charge in [0.05, 0.1) is 24.7 Å². The molecule has 1 heterocycles. The van der Waals surface area contributed by atoms with Crippen LogP contribution < -0.4 is 10.5 Å². The van der Waals surface area contributed by atoms with Gasteiger partial charge in [0.1, 0.15) is 5.75 Å². The maximum absolute atomic E-state index is 6.10. The van der Waals surface area contributed by atoms with E-state index in [0.29, 0.717) is 0 Å². The van der Waals surface area contributed by atoms with E-state index in [9.17, 15) is 0 Å². The largest absolute Gasteiger partial charge is 0.497 e. The maximum Gasteiger partial charge on any atom is 0.119 e. The number of methoxy groups -OCH3 is 1. The Bertz CT molecular complexity index is 610. The van der Waals surface area contributed by atoms with E-state index in [1.54, 1.807) is 11.9 Å². The zero-order chi connectivity index (χ0) is 12.4. The van der Waals surface area contributed by atoms with E-state index in [1.807, 2.05) is 30.5 Å². The molecule has 2 saturated carbocycles. The summed E-state index contributed by atoms with van der Waals surface area (Å²) in [7, 11) is 1.65. The lowest BCUT2D eigenvalue weighted by atomic mass is 10.2. The first-order chi connectivity index (χ1) is 8.67. The Kier molecular flexibility index (Phi) is 1.64. The summed E-state index contributed by atoms with van der Waals surface area (Å²) in [6, 6.07) is 7.68. The molecular weight excluding hydrogens is 228 g/mol. The average Bonchev–Trinajstić information content (AvgIpc) is 3.04. The number of aromatic nitrogens is 3. The molecule has 0 bridgehead atoms. The highest BCUT2D eigenvalue weighted by Gasteiger charge is 2.83. The molecule has 0 unspecified atom stereocenters. The first-order valence-corrected chi connectivity index (χ1v) is 6.03. The third-order valence-electron chi connectivity index (χ3n) is 4.22. The predicted octanol–water partition coefficient (Wildman–Crippen LogP) is 1.02. The van der Waals surface area contributed by atoms with E-state index in [4.69, 9.17) is 10.5 Å². The topological polar surface area (TPSA) is 66.0 Å². The Labute approximate surface area is 105 Å². The molecule has 5 nitrogen and oxygen atoms in total. The Morgan fingerprint density at radius 1 is 1.28 bits per heavy atom. The van der Waals surface area contributed by atoms with Crippen LogP contribution in [0, 0.1) is 0 Å². The second kappa shape index (κ2) is 2.92. The third kappa shape index (κ3) is 1.14. The summed E-state index contributed by atoms with van der Waals surface area (Å²) in [5, 5.41) is 8.86. The van der Waals surface area contributed by atoms with E-state index in [0.717, 1.165) is 30.0 Å². The third-order valence-corrected chi connectivity index (χ3v) is 4.22. The lowest BCUT2D eigenvalue weighted by Crippen LogP contribution is -2.08. The molecule has 5 heteroatoms. The van der Waals surface area contributed by atoms with E-state index < -0.39 is 0 Å². The van der Waals surface area contributed by atoms with Crippen LogP contribution in [0.15, 0.2) is 30.5 Å². The van der Waals surface area contributed by atoms with Crippen molar-refractivity contribution in [1.82, 2.24) is 15.0 Å². The molecule has 0 atom stereocenters. The van der Waals surface area contributed by atoms with Crippen molar-refractivity contribution in [2.75, 3.05) is 7.11 Å². The number of rotatable bonds is 3. The molecule has 92 valence electrons. The van der Waals surface area contributed by atoms with E-state index >= 15 is 0 Å². The number of benzene rings is 1. The van der Waals surface area contributed by atoms with E-state index in [-0.39, 0.29) is 11.0 Å². The fraction of sp³-hybridized carbons (Fsp3) is 0.385. The van der Waals surface area contributed by atoms with Gasteiger partial charge in [-0.15, -0.1) is 0 Å². The fourth-order valence-electron chi connectivity index (χ4n) is 2.70. The minimum atomic E-state index is 0.0355. The number of fused-ring (bicyclic) bond motifs is 1. The van der Waals surface area contributed by atoms with E-state index in [2.05, 4.69) is 10.2 Å². The highest BCUT2D eigenvalue weighted by Crippen LogP contribution is 2.76. The second-order valence-corrected chi connectivity index (χ2v) is 5.31. The van der Waals surface area contributed by atoms with Crippen molar-refractivity contribution in [3.63, 3.8) is 0 Å². The lowest BCUT2D eigenvalue weighted by Gasteiger charge is -2.02. The Morgan fingerprint density at radius 2 is 1.94 bits per heavy atom. The first-order valence-electron chi connectivity index (χ1n) is 6.03. The monoisotopic (exact) mass is 242 g/mol.